The Labute approximate surface area is 115 Å². The average Bonchev–Trinajstić information content (AvgIpc) is 2.24. The van der Waals surface area contributed by atoms with Crippen LogP contribution in [0, 0.1) is 5.92 Å². The van der Waals surface area contributed by atoms with Crippen LogP contribution in [0.5, 0.6) is 0 Å². The Morgan fingerprint density at radius 2 is 2.06 bits per heavy atom. The third kappa shape index (κ3) is 2.32. The molecule has 100 valence electrons. The number of sulfonamides is 1. The van der Waals surface area contributed by atoms with E-state index in [-0.39, 0.29) is 23.9 Å². The van der Waals surface area contributed by atoms with Crippen molar-refractivity contribution in [3.63, 3.8) is 0 Å². The second-order valence-electron chi connectivity index (χ2n) is 4.87. The molecule has 5 nitrogen and oxygen atoms in total. The SMILES string of the molecule is CC(C)C1(O)CN(S(=O)(=O)c2cncc(Br)c2)C1. The molecular weight excluding hydrogens is 320 g/mol. The minimum absolute atomic E-state index is 0.0320. The Hall–Kier alpha value is -0.500. The van der Waals surface area contributed by atoms with Gasteiger partial charge in [0, 0.05) is 30.0 Å². The second-order valence-corrected chi connectivity index (χ2v) is 7.72. The van der Waals surface area contributed by atoms with E-state index in [0.717, 1.165) is 0 Å². The first-order valence-electron chi connectivity index (χ1n) is 5.59. The van der Waals surface area contributed by atoms with Crippen LogP contribution in [-0.2, 0) is 10.0 Å². The van der Waals surface area contributed by atoms with E-state index < -0.39 is 15.6 Å². The summed E-state index contributed by atoms with van der Waals surface area (Å²) in [6, 6.07) is 1.51. The fraction of sp³-hybridized carbons (Fsp3) is 0.545. The molecule has 2 rings (SSSR count). The molecule has 0 bridgehead atoms. The molecule has 7 heteroatoms. The van der Waals surface area contributed by atoms with E-state index in [4.69, 9.17) is 0 Å². The van der Waals surface area contributed by atoms with Crippen LogP contribution in [0.4, 0.5) is 0 Å². The summed E-state index contributed by atoms with van der Waals surface area (Å²) in [6.07, 6.45) is 2.84. The van der Waals surface area contributed by atoms with Gasteiger partial charge in [-0.2, -0.15) is 4.31 Å². The number of hydrogen-bond acceptors (Lipinski definition) is 4. The van der Waals surface area contributed by atoms with Crippen molar-refractivity contribution in [2.75, 3.05) is 13.1 Å². The lowest BCUT2D eigenvalue weighted by Crippen LogP contribution is -2.65. The zero-order valence-electron chi connectivity index (χ0n) is 10.2. The summed E-state index contributed by atoms with van der Waals surface area (Å²) in [5.41, 5.74) is -0.910. The summed E-state index contributed by atoms with van der Waals surface area (Å²) in [6.45, 7) is 4.04. The minimum Gasteiger partial charge on any atom is -0.387 e. The van der Waals surface area contributed by atoms with Gasteiger partial charge in [0.1, 0.15) is 4.90 Å². The van der Waals surface area contributed by atoms with Gasteiger partial charge in [-0.1, -0.05) is 13.8 Å². The van der Waals surface area contributed by atoms with Crippen LogP contribution in [0.2, 0.25) is 0 Å². The number of β-amino-alcohol motifs (C(OH)–C–C–N with tert-alkyl or cyclic N) is 1. The number of aliphatic hydroxyl groups is 1. The Morgan fingerprint density at radius 1 is 1.44 bits per heavy atom. The maximum absolute atomic E-state index is 12.2. The molecule has 1 aliphatic rings. The molecule has 1 aromatic heterocycles. The monoisotopic (exact) mass is 334 g/mol. The van der Waals surface area contributed by atoms with Crippen molar-refractivity contribution in [1.82, 2.24) is 9.29 Å². The van der Waals surface area contributed by atoms with Crippen molar-refractivity contribution in [3.05, 3.63) is 22.9 Å². The van der Waals surface area contributed by atoms with E-state index in [1.165, 1.54) is 22.8 Å². The van der Waals surface area contributed by atoms with Crippen LogP contribution in [0.25, 0.3) is 0 Å². The number of nitrogens with zero attached hydrogens (tertiary/aromatic N) is 2. The van der Waals surface area contributed by atoms with Gasteiger partial charge in [-0.25, -0.2) is 8.42 Å². The summed E-state index contributed by atoms with van der Waals surface area (Å²) in [7, 11) is -3.55. The van der Waals surface area contributed by atoms with Crippen molar-refractivity contribution < 1.29 is 13.5 Å². The van der Waals surface area contributed by atoms with E-state index in [1.54, 1.807) is 0 Å². The van der Waals surface area contributed by atoms with Crippen molar-refractivity contribution in [2.24, 2.45) is 5.92 Å². The summed E-state index contributed by atoms with van der Waals surface area (Å²) in [4.78, 5) is 3.99. The Morgan fingerprint density at radius 3 is 2.56 bits per heavy atom. The van der Waals surface area contributed by atoms with E-state index >= 15 is 0 Å². The van der Waals surface area contributed by atoms with E-state index in [9.17, 15) is 13.5 Å². The minimum atomic E-state index is -3.55. The largest absolute Gasteiger partial charge is 0.387 e. The van der Waals surface area contributed by atoms with Crippen LogP contribution in [0.3, 0.4) is 0 Å². The molecule has 1 aliphatic heterocycles. The zero-order chi connectivity index (χ0) is 13.6. The second kappa shape index (κ2) is 4.56. The van der Waals surface area contributed by atoms with Crippen LogP contribution >= 0.6 is 15.9 Å². The highest BCUT2D eigenvalue weighted by Crippen LogP contribution is 2.33. The molecule has 1 aromatic rings. The van der Waals surface area contributed by atoms with Gasteiger partial charge in [-0.15, -0.1) is 0 Å². The molecule has 1 fully saturated rings. The molecule has 0 spiro atoms. The third-order valence-electron chi connectivity index (χ3n) is 3.29. The molecule has 0 saturated carbocycles. The molecular formula is C11H15BrN2O3S. The van der Waals surface area contributed by atoms with Gasteiger partial charge in [-0.3, -0.25) is 4.98 Å². The predicted molar refractivity (Wildman–Crippen MR) is 70.5 cm³/mol. The Balaban J connectivity index is 2.21. The van der Waals surface area contributed by atoms with E-state index in [0.29, 0.717) is 4.47 Å². The topological polar surface area (TPSA) is 70.5 Å². The molecule has 0 radical (unpaired) electrons. The molecule has 0 atom stereocenters. The van der Waals surface area contributed by atoms with E-state index in [2.05, 4.69) is 20.9 Å². The van der Waals surface area contributed by atoms with Gasteiger partial charge < -0.3 is 5.11 Å². The Kier molecular flexibility index (Phi) is 3.52. The Bertz CT molecular complexity index is 553. The number of aromatic nitrogens is 1. The van der Waals surface area contributed by atoms with Gasteiger partial charge in [0.25, 0.3) is 0 Å². The van der Waals surface area contributed by atoms with Crippen LogP contribution in [0.15, 0.2) is 27.8 Å². The standard InChI is InChI=1S/C11H15BrN2O3S/c1-8(2)11(15)6-14(7-11)18(16,17)10-3-9(12)4-13-5-10/h3-5,8,15H,6-7H2,1-2H3. The smallest absolute Gasteiger partial charge is 0.244 e. The van der Waals surface area contributed by atoms with Crippen LogP contribution < -0.4 is 0 Å². The molecule has 2 heterocycles. The summed E-state index contributed by atoms with van der Waals surface area (Å²) >= 11 is 3.19. The normalized spacial score (nSPS) is 19.8. The summed E-state index contributed by atoms with van der Waals surface area (Å²) < 4.78 is 26.4. The molecule has 18 heavy (non-hydrogen) atoms. The highest BCUT2D eigenvalue weighted by Gasteiger charge is 2.49. The highest BCUT2D eigenvalue weighted by atomic mass is 79.9. The zero-order valence-corrected chi connectivity index (χ0v) is 12.6. The maximum atomic E-state index is 12.2. The van der Waals surface area contributed by atoms with Gasteiger partial charge >= 0.3 is 0 Å². The van der Waals surface area contributed by atoms with Gasteiger partial charge in [-0.05, 0) is 27.9 Å². The first kappa shape index (κ1) is 13.9. The number of pyridine rings is 1. The third-order valence-corrected chi connectivity index (χ3v) is 5.48. The number of rotatable bonds is 3. The summed E-state index contributed by atoms with van der Waals surface area (Å²) in [5.74, 6) is 0.0320. The van der Waals surface area contributed by atoms with E-state index in [1.807, 2.05) is 13.8 Å². The van der Waals surface area contributed by atoms with Crippen molar-refractivity contribution >= 4 is 26.0 Å². The molecule has 0 aromatic carbocycles. The van der Waals surface area contributed by atoms with Gasteiger partial charge in [0.15, 0.2) is 0 Å². The lowest BCUT2D eigenvalue weighted by molar-refractivity contribution is -0.0932. The number of hydrogen-bond donors (Lipinski definition) is 1. The lowest BCUT2D eigenvalue weighted by atomic mass is 9.85. The van der Waals surface area contributed by atoms with Gasteiger partial charge in [0.05, 0.1) is 5.60 Å². The van der Waals surface area contributed by atoms with Crippen molar-refractivity contribution in [1.29, 1.82) is 0 Å². The number of halogens is 1. The lowest BCUT2D eigenvalue weighted by Gasteiger charge is -2.47. The molecule has 0 amide bonds. The molecule has 1 N–H and O–H groups in total. The average molecular weight is 335 g/mol. The predicted octanol–water partition coefficient (Wildman–Crippen LogP) is 1.24. The van der Waals surface area contributed by atoms with Crippen molar-refractivity contribution in [3.8, 4) is 0 Å². The first-order chi connectivity index (χ1) is 8.25. The molecule has 0 unspecified atom stereocenters. The maximum Gasteiger partial charge on any atom is 0.244 e. The molecule has 1 saturated heterocycles. The van der Waals surface area contributed by atoms with Crippen LogP contribution in [-0.4, -0.2) is 41.5 Å². The summed E-state index contributed by atoms with van der Waals surface area (Å²) in [5, 5.41) is 10.1. The quantitative estimate of drug-likeness (QED) is 0.902. The van der Waals surface area contributed by atoms with Gasteiger partial charge in [0.2, 0.25) is 10.0 Å². The first-order valence-corrected chi connectivity index (χ1v) is 7.82. The highest BCUT2D eigenvalue weighted by molar-refractivity contribution is 9.10. The van der Waals surface area contributed by atoms with Crippen LogP contribution in [0.1, 0.15) is 13.8 Å². The fourth-order valence-corrected chi connectivity index (χ4v) is 3.85. The molecule has 0 aliphatic carbocycles. The van der Waals surface area contributed by atoms with Crippen molar-refractivity contribution in [2.45, 2.75) is 24.3 Å². The fourth-order valence-electron chi connectivity index (χ4n) is 1.78.